The summed E-state index contributed by atoms with van der Waals surface area (Å²) in [6, 6.07) is 3.67. The molecule has 0 spiro atoms. The van der Waals surface area contributed by atoms with Crippen LogP contribution in [0.1, 0.15) is 25.3 Å². The molecule has 1 aromatic carbocycles. The summed E-state index contributed by atoms with van der Waals surface area (Å²) in [4.78, 5) is 0.128. The van der Waals surface area contributed by atoms with Gasteiger partial charge in [0, 0.05) is 25.4 Å². The second kappa shape index (κ2) is 6.11. The summed E-state index contributed by atoms with van der Waals surface area (Å²) in [7, 11) is -3.65. The molecule has 0 amide bonds. The van der Waals surface area contributed by atoms with Crippen molar-refractivity contribution in [3.63, 3.8) is 0 Å². The number of rotatable bonds is 3. The second-order valence-electron chi connectivity index (χ2n) is 5.22. The molecular weight excluding hydrogens is 295 g/mol. The molecule has 1 N–H and O–H groups in total. The van der Waals surface area contributed by atoms with Crippen LogP contribution in [0.25, 0.3) is 0 Å². The van der Waals surface area contributed by atoms with E-state index in [0.717, 1.165) is 6.07 Å². The van der Waals surface area contributed by atoms with E-state index in [1.807, 2.05) is 6.92 Å². The van der Waals surface area contributed by atoms with Gasteiger partial charge in [-0.2, -0.15) is 4.31 Å². The molecule has 0 radical (unpaired) electrons. The van der Waals surface area contributed by atoms with E-state index in [1.54, 1.807) is 6.92 Å². The number of sulfonamides is 1. The van der Waals surface area contributed by atoms with Gasteiger partial charge in [-0.05, 0) is 37.1 Å². The fourth-order valence-corrected chi connectivity index (χ4v) is 4.33. The standard InChI is InChI=1S/C14H19FN2O3S/c1-3-11-9-17(7-6-13(11)16-18)21(19,20)14-5-4-12(15)8-10(14)2/h4-5,8,11,18H,3,6-7,9H2,1-2H3/b16-13+. The van der Waals surface area contributed by atoms with Crippen molar-refractivity contribution in [3.8, 4) is 0 Å². The third kappa shape index (κ3) is 3.08. The van der Waals surface area contributed by atoms with E-state index in [2.05, 4.69) is 5.16 Å². The van der Waals surface area contributed by atoms with Gasteiger partial charge >= 0.3 is 0 Å². The number of oxime groups is 1. The lowest BCUT2D eigenvalue weighted by Gasteiger charge is -2.32. The fraction of sp³-hybridized carbons (Fsp3) is 0.500. The minimum absolute atomic E-state index is 0.0840. The van der Waals surface area contributed by atoms with Gasteiger partial charge < -0.3 is 5.21 Å². The van der Waals surface area contributed by atoms with Crippen LogP contribution in [-0.2, 0) is 10.0 Å². The van der Waals surface area contributed by atoms with Crippen molar-refractivity contribution < 1.29 is 18.0 Å². The zero-order chi connectivity index (χ0) is 15.6. The molecule has 0 aromatic heterocycles. The SMILES string of the molecule is CCC1CN(S(=O)(=O)c2ccc(F)cc2C)CC/C1=N\O. The van der Waals surface area contributed by atoms with Gasteiger partial charge in [0.1, 0.15) is 5.82 Å². The lowest BCUT2D eigenvalue weighted by molar-refractivity contribution is 0.295. The lowest BCUT2D eigenvalue weighted by Crippen LogP contribution is -2.44. The maximum Gasteiger partial charge on any atom is 0.243 e. The number of nitrogens with zero attached hydrogens (tertiary/aromatic N) is 2. The molecule has 1 aromatic rings. The minimum Gasteiger partial charge on any atom is -0.411 e. The van der Waals surface area contributed by atoms with Crippen molar-refractivity contribution in [1.29, 1.82) is 0 Å². The van der Waals surface area contributed by atoms with Crippen LogP contribution in [0.3, 0.4) is 0 Å². The second-order valence-corrected chi connectivity index (χ2v) is 7.13. The molecule has 116 valence electrons. The first-order valence-corrected chi connectivity index (χ1v) is 8.31. The molecule has 1 heterocycles. The molecule has 1 unspecified atom stereocenters. The van der Waals surface area contributed by atoms with Gasteiger partial charge in [0.2, 0.25) is 10.0 Å². The predicted molar refractivity (Wildman–Crippen MR) is 77.5 cm³/mol. The van der Waals surface area contributed by atoms with E-state index < -0.39 is 15.8 Å². The maximum atomic E-state index is 13.1. The number of hydrogen-bond acceptors (Lipinski definition) is 4. The van der Waals surface area contributed by atoms with Crippen LogP contribution in [0, 0.1) is 18.7 Å². The summed E-state index contributed by atoms with van der Waals surface area (Å²) in [6.07, 6.45) is 1.11. The van der Waals surface area contributed by atoms with Gasteiger partial charge in [0.05, 0.1) is 10.6 Å². The van der Waals surface area contributed by atoms with Gasteiger partial charge in [-0.1, -0.05) is 12.1 Å². The molecule has 5 nitrogen and oxygen atoms in total. The third-order valence-electron chi connectivity index (χ3n) is 3.89. The Kier molecular flexibility index (Phi) is 4.63. The van der Waals surface area contributed by atoms with Crippen molar-refractivity contribution in [2.24, 2.45) is 11.1 Å². The maximum absolute atomic E-state index is 13.1. The molecule has 1 aliphatic rings. The normalized spacial score (nSPS) is 22.6. The number of piperidine rings is 1. The summed E-state index contributed by atoms with van der Waals surface area (Å²) in [5.41, 5.74) is 1.03. The smallest absolute Gasteiger partial charge is 0.243 e. The average molecular weight is 314 g/mol. The van der Waals surface area contributed by atoms with E-state index in [1.165, 1.54) is 16.4 Å². The van der Waals surface area contributed by atoms with E-state index in [4.69, 9.17) is 5.21 Å². The Morgan fingerprint density at radius 3 is 2.76 bits per heavy atom. The lowest BCUT2D eigenvalue weighted by atomic mass is 9.95. The van der Waals surface area contributed by atoms with Crippen molar-refractivity contribution in [1.82, 2.24) is 4.31 Å². The molecule has 2 rings (SSSR count). The Labute approximate surface area is 124 Å². The first-order chi connectivity index (χ1) is 9.90. The summed E-state index contributed by atoms with van der Waals surface area (Å²) in [5.74, 6) is -0.537. The molecule has 1 saturated heterocycles. The van der Waals surface area contributed by atoms with Gasteiger partial charge in [0.15, 0.2) is 0 Å². The van der Waals surface area contributed by atoms with Crippen LogP contribution in [0.5, 0.6) is 0 Å². The Hall–Kier alpha value is -1.47. The molecule has 0 bridgehead atoms. The quantitative estimate of drug-likeness (QED) is 0.688. The van der Waals surface area contributed by atoms with Crippen LogP contribution < -0.4 is 0 Å². The van der Waals surface area contributed by atoms with Gasteiger partial charge in [0.25, 0.3) is 0 Å². The molecule has 1 fully saturated rings. The number of aryl methyl sites for hydroxylation is 1. The van der Waals surface area contributed by atoms with Crippen LogP contribution >= 0.6 is 0 Å². The molecule has 0 saturated carbocycles. The highest BCUT2D eigenvalue weighted by Gasteiger charge is 2.33. The Morgan fingerprint density at radius 2 is 2.19 bits per heavy atom. The Balaban J connectivity index is 2.32. The average Bonchev–Trinajstić information content (AvgIpc) is 2.46. The van der Waals surface area contributed by atoms with E-state index >= 15 is 0 Å². The number of benzene rings is 1. The molecule has 7 heteroatoms. The summed E-state index contributed by atoms with van der Waals surface area (Å²) >= 11 is 0. The van der Waals surface area contributed by atoms with Crippen LogP contribution in [0.2, 0.25) is 0 Å². The van der Waals surface area contributed by atoms with Gasteiger partial charge in [-0.15, -0.1) is 0 Å². The van der Waals surface area contributed by atoms with Crippen molar-refractivity contribution in [2.75, 3.05) is 13.1 Å². The topological polar surface area (TPSA) is 70.0 Å². The van der Waals surface area contributed by atoms with Crippen molar-refractivity contribution in [3.05, 3.63) is 29.6 Å². The monoisotopic (exact) mass is 314 g/mol. The zero-order valence-electron chi connectivity index (χ0n) is 12.1. The third-order valence-corrected chi connectivity index (χ3v) is 5.91. The summed E-state index contributed by atoms with van der Waals surface area (Å²) in [5, 5.41) is 12.2. The highest BCUT2D eigenvalue weighted by Crippen LogP contribution is 2.26. The zero-order valence-corrected chi connectivity index (χ0v) is 12.9. The van der Waals surface area contributed by atoms with Crippen molar-refractivity contribution >= 4 is 15.7 Å². The number of hydrogen-bond donors (Lipinski definition) is 1. The summed E-state index contributed by atoms with van der Waals surface area (Å²) < 4.78 is 39.9. The molecule has 21 heavy (non-hydrogen) atoms. The minimum atomic E-state index is -3.65. The van der Waals surface area contributed by atoms with E-state index in [-0.39, 0.29) is 23.9 Å². The largest absolute Gasteiger partial charge is 0.411 e. The Bertz CT molecular complexity index is 658. The molecular formula is C14H19FN2O3S. The van der Waals surface area contributed by atoms with E-state index in [0.29, 0.717) is 24.1 Å². The van der Waals surface area contributed by atoms with Crippen molar-refractivity contribution in [2.45, 2.75) is 31.6 Å². The molecule has 1 aliphatic heterocycles. The van der Waals surface area contributed by atoms with E-state index in [9.17, 15) is 12.8 Å². The highest BCUT2D eigenvalue weighted by molar-refractivity contribution is 7.89. The fourth-order valence-electron chi connectivity index (χ4n) is 2.64. The first kappa shape index (κ1) is 15.9. The molecule has 1 atom stereocenters. The van der Waals surface area contributed by atoms with Crippen LogP contribution in [0.4, 0.5) is 4.39 Å². The van der Waals surface area contributed by atoms with Gasteiger partial charge in [-0.3, -0.25) is 0 Å². The summed E-state index contributed by atoms with van der Waals surface area (Å²) in [6.45, 7) is 4.07. The highest BCUT2D eigenvalue weighted by atomic mass is 32.2. The molecule has 0 aliphatic carbocycles. The first-order valence-electron chi connectivity index (χ1n) is 6.87. The number of halogens is 1. The van der Waals surface area contributed by atoms with Crippen LogP contribution in [0.15, 0.2) is 28.3 Å². The Morgan fingerprint density at radius 1 is 1.48 bits per heavy atom. The predicted octanol–water partition coefficient (Wildman–Crippen LogP) is 2.38. The van der Waals surface area contributed by atoms with Gasteiger partial charge in [-0.25, -0.2) is 12.8 Å². The van der Waals surface area contributed by atoms with Crippen LogP contribution in [-0.4, -0.2) is 36.7 Å².